The third-order valence-corrected chi connectivity index (χ3v) is 4.79. The van der Waals surface area contributed by atoms with Gasteiger partial charge in [0.05, 0.1) is 12.6 Å². The molecule has 1 aromatic rings. The molecule has 0 aliphatic heterocycles. The Hall–Kier alpha value is -3.18. The van der Waals surface area contributed by atoms with E-state index in [9.17, 15) is 14.4 Å². The van der Waals surface area contributed by atoms with Gasteiger partial charge in [-0.3, -0.25) is 24.6 Å². The molecule has 0 aliphatic rings. The van der Waals surface area contributed by atoms with Crippen molar-refractivity contribution >= 4 is 23.7 Å². The number of primary amides is 1. The maximum Gasteiger partial charge on any atom is 0.243 e. The van der Waals surface area contributed by atoms with Crippen LogP contribution >= 0.6 is 0 Å². The average Bonchev–Trinajstić information content (AvgIpc) is 2.74. The minimum absolute atomic E-state index is 0.0369. The van der Waals surface area contributed by atoms with Crippen LogP contribution in [0.25, 0.3) is 0 Å². The predicted octanol–water partition coefficient (Wildman–Crippen LogP) is -1.14. The fourth-order valence-corrected chi connectivity index (χ4v) is 2.74. The highest BCUT2D eigenvalue weighted by molar-refractivity contribution is 5.92. The molecular weight excluding hydrogens is 402 g/mol. The third-order valence-electron chi connectivity index (χ3n) is 4.79. The Labute approximate surface area is 181 Å². The van der Waals surface area contributed by atoms with E-state index in [0.29, 0.717) is 6.42 Å². The minimum Gasteiger partial charge on any atom is -0.368 e. The zero-order chi connectivity index (χ0) is 23.4. The van der Waals surface area contributed by atoms with Crippen LogP contribution in [0.1, 0.15) is 32.3 Å². The molecule has 3 amide bonds. The second-order valence-electron chi connectivity index (χ2n) is 7.28. The molecule has 0 aromatic heterocycles. The van der Waals surface area contributed by atoms with E-state index in [1.807, 2.05) is 44.2 Å². The van der Waals surface area contributed by atoms with Crippen LogP contribution in [0.3, 0.4) is 0 Å². The highest BCUT2D eigenvalue weighted by Crippen LogP contribution is 2.10. The molecule has 0 bridgehead atoms. The molecular formula is C20H33N7O4. The summed E-state index contributed by atoms with van der Waals surface area (Å²) in [6, 6.07) is 6.42. The van der Waals surface area contributed by atoms with Crippen LogP contribution in [-0.4, -0.2) is 48.4 Å². The van der Waals surface area contributed by atoms with Crippen molar-refractivity contribution in [2.75, 3.05) is 6.61 Å². The highest BCUT2D eigenvalue weighted by Gasteiger charge is 2.30. The fourth-order valence-electron chi connectivity index (χ4n) is 2.74. The van der Waals surface area contributed by atoms with E-state index in [4.69, 9.17) is 27.4 Å². The minimum atomic E-state index is -0.940. The van der Waals surface area contributed by atoms with Gasteiger partial charge in [-0.25, -0.2) is 5.48 Å². The number of rotatable bonds is 13. The molecule has 4 atom stereocenters. The largest absolute Gasteiger partial charge is 0.368 e. The van der Waals surface area contributed by atoms with Crippen molar-refractivity contribution < 1.29 is 19.2 Å². The maximum absolute atomic E-state index is 12.9. The summed E-state index contributed by atoms with van der Waals surface area (Å²) in [6.45, 7) is 3.73. The van der Waals surface area contributed by atoms with Gasteiger partial charge in [0.2, 0.25) is 23.7 Å². The first-order valence-electron chi connectivity index (χ1n) is 10.1. The number of hydrogen-bond acceptors (Lipinski definition) is 6. The van der Waals surface area contributed by atoms with Gasteiger partial charge < -0.3 is 27.8 Å². The fraction of sp³-hybridized carbons (Fsp3) is 0.500. The molecule has 0 spiro atoms. The van der Waals surface area contributed by atoms with Crippen molar-refractivity contribution in [3.8, 4) is 0 Å². The van der Waals surface area contributed by atoms with Gasteiger partial charge >= 0.3 is 0 Å². The summed E-state index contributed by atoms with van der Waals surface area (Å²) in [6.07, 6.45) is 0.987. The zero-order valence-electron chi connectivity index (χ0n) is 17.9. The smallest absolute Gasteiger partial charge is 0.243 e. The lowest BCUT2D eigenvalue weighted by atomic mass is 9.96. The lowest BCUT2D eigenvalue weighted by Gasteiger charge is -2.27. The Balaban J connectivity index is 2.75. The standard InChI is InChI=1S/C20H33N7O4/c1-3-12(2)16(26-18(29)14(21)9-10-31-27-20(23)24)19(30)25-15(17(22)28)11-13-7-5-4-6-8-13/h4-8,12,14-16H,3,9-11,21H2,1-2H3,(H2,22,28)(H,25,30)(H,26,29)(H4,23,24,27)/t12-,14-,15-,16-/m0/s1. The lowest BCUT2D eigenvalue weighted by molar-refractivity contribution is -0.133. The first kappa shape index (κ1) is 25.9. The van der Waals surface area contributed by atoms with Gasteiger partial charge in [0, 0.05) is 6.42 Å². The molecule has 0 aliphatic carbocycles. The number of carbonyl (C=O) groups excluding carboxylic acids is 3. The molecule has 0 heterocycles. The normalized spacial score (nSPS) is 14.5. The molecule has 0 fully saturated rings. The average molecular weight is 436 g/mol. The van der Waals surface area contributed by atoms with E-state index in [1.54, 1.807) is 0 Å². The Kier molecular flexibility index (Phi) is 11.0. The summed E-state index contributed by atoms with van der Waals surface area (Å²) in [5.41, 5.74) is 19.4. The van der Waals surface area contributed by atoms with Crippen molar-refractivity contribution in [3.05, 3.63) is 35.9 Å². The van der Waals surface area contributed by atoms with E-state index in [0.717, 1.165) is 5.56 Å². The zero-order valence-corrected chi connectivity index (χ0v) is 17.9. The summed E-state index contributed by atoms with van der Waals surface area (Å²) >= 11 is 0. The van der Waals surface area contributed by atoms with Gasteiger partial charge in [-0.15, -0.1) is 0 Å². The van der Waals surface area contributed by atoms with Crippen LogP contribution in [-0.2, 0) is 25.6 Å². The molecule has 31 heavy (non-hydrogen) atoms. The lowest BCUT2D eigenvalue weighted by Crippen LogP contribution is -2.57. The number of carbonyl (C=O) groups is 3. The molecule has 0 saturated carbocycles. The third kappa shape index (κ3) is 9.45. The number of nitrogens with two attached hydrogens (primary N) is 3. The molecule has 0 saturated heterocycles. The number of nitrogens with one attached hydrogen (secondary N) is 4. The Bertz CT molecular complexity index is 744. The molecule has 0 unspecified atom stereocenters. The van der Waals surface area contributed by atoms with E-state index >= 15 is 0 Å². The van der Waals surface area contributed by atoms with E-state index in [1.165, 1.54) is 0 Å². The molecule has 1 aromatic carbocycles. The monoisotopic (exact) mass is 435 g/mol. The summed E-state index contributed by atoms with van der Waals surface area (Å²) in [4.78, 5) is 42.1. The van der Waals surface area contributed by atoms with Gasteiger partial charge in [0.25, 0.3) is 0 Å². The van der Waals surface area contributed by atoms with Crippen molar-refractivity contribution in [1.29, 1.82) is 5.41 Å². The van der Waals surface area contributed by atoms with Crippen LogP contribution in [0, 0.1) is 11.3 Å². The van der Waals surface area contributed by atoms with E-state index in [-0.39, 0.29) is 31.3 Å². The van der Waals surface area contributed by atoms with Gasteiger partial charge in [-0.2, -0.15) is 0 Å². The highest BCUT2D eigenvalue weighted by atomic mass is 16.6. The van der Waals surface area contributed by atoms with Crippen LogP contribution < -0.4 is 33.3 Å². The maximum atomic E-state index is 12.9. The number of hydroxylamine groups is 1. The quantitative estimate of drug-likeness (QED) is 0.0878. The second kappa shape index (κ2) is 13.2. The van der Waals surface area contributed by atoms with Gasteiger partial charge in [0.15, 0.2) is 0 Å². The van der Waals surface area contributed by atoms with E-state index in [2.05, 4.69) is 16.1 Å². The SMILES string of the molecule is CC[C@H](C)[C@H](NC(=O)[C@@H](N)CCONC(=N)N)C(=O)N[C@@H](Cc1ccccc1)C(N)=O. The van der Waals surface area contributed by atoms with E-state index < -0.39 is 35.8 Å². The molecule has 11 nitrogen and oxygen atoms in total. The van der Waals surface area contributed by atoms with Crippen molar-refractivity contribution in [3.63, 3.8) is 0 Å². The van der Waals surface area contributed by atoms with Gasteiger partial charge in [-0.05, 0) is 17.9 Å². The number of guanidine groups is 1. The molecule has 11 heteroatoms. The number of benzene rings is 1. The topological polar surface area (TPSA) is 198 Å². The number of hydrogen-bond donors (Lipinski definition) is 7. The van der Waals surface area contributed by atoms with Crippen LogP contribution in [0.2, 0.25) is 0 Å². The van der Waals surface area contributed by atoms with Crippen LogP contribution in [0.15, 0.2) is 30.3 Å². The van der Waals surface area contributed by atoms with Crippen LogP contribution in [0.4, 0.5) is 0 Å². The molecule has 172 valence electrons. The molecule has 0 radical (unpaired) electrons. The predicted molar refractivity (Wildman–Crippen MR) is 116 cm³/mol. The Morgan fingerprint density at radius 1 is 1.10 bits per heavy atom. The Morgan fingerprint density at radius 3 is 2.29 bits per heavy atom. The summed E-state index contributed by atoms with van der Waals surface area (Å²) in [5.74, 6) is -2.30. The van der Waals surface area contributed by atoms with Crippen molar-refractivity contribution in [2.24, 2.45) is 23.1 Å². The summed E-state index contributed by atoms with van der Waals surface area (Å²) < 4.78 is 0. The second-order valence-corrected chi connectivity index (χ2v) is 7.28. The van der Waals surface area contributed by atoms with Crippen molar-refractivity contribution in [2.45, 2.75) is 51.2 Å². The number of amides is 3. The summed E-state index contributed by atoms with van der Waals surface area (Å²) in [7, 11) is 0. The van der Waals surface area contributed by atoms with Crippen molar-refractivity contribution in [1.82, 2.24) is 16.1 Å². The summed E-state index contributed by atoms with van der Waals surface area (Å²) in [5, 5.41) is 12.3. The van der Waals surface area contributed by atoms with Gasteiger partial charge in [0.1, 0.15) is 12.1 Å². The molecule has 1 rings (SSSR count). The van der Waals surface area contributed by atoms with Gasteiger partial charge in [-0.1, -0.05) is 50.6 Å². The molecule has 10 N–H and O–H groups in total. The Morgan fingerprint density at radius 2 is 1.74 bits per heavy atom. The van der Waals surface area contributed by atoms with Crippen LogP contribution in [0.5, 0.6) is 0 Å². The first-order valence-corrected chi connectivity index (χ1v) is 10.1. The first-order chi connectivity index (χ1) is 14.6.